The molecule has 7 heteroatoms. The van der Waals surface area contributed by atoms with Crippen molar-refractivity contribution in [3.63, 3.8) is 0 Å². The van der Waals surface area contributed by atoms with Crippen molar-refractivity contribution in [2.24, 2.45) is 0 Å². The molecule has 0 aliphatic heterocycles. The van der Waals surface area contributed by atoms with Crippen LogP contribution < -0.4 is 10.1 Å². The van der Waals surface area contributed by atoms with Crippen LogP contribution >= 0.6 is 11.3 Å². The number of thiazole rings is 1. The number of hydrogen-bond acceptors (Lipinski definition) is 4. The number of anilines is 1. The molecule has 4 aromatic rings. The van der Waals surface area contributed by atoms with Gasteiger partial charge in [-0.1, -0.05) is 18.2 Å². The van der Waals surface area contributed by atoms with Gasteiger partial charge in [-0.25, -0.2) is 9.37 Å². The first-order valence-electron chi connectivity index (χ1n) is 9.20. The molecule has 0 fully saturated rings. The van der Waals surface area contributed by atoms with Crippen molar-refractivity contribution in [3.8, 4) is 17.0 Å². The topological polar surface area (TPSA) is 55.6 Å². The minimum Gasteiger partial charge on any atom is -0.495 e. The van der Waals surface area contributed by atoms with E-state index in [1.165, 1.54) is 17.4 Å². The van der Waals surface area contributed by atoms with Gasteiger partial charge in [0, 0.05) is 29.3 Å². The maximum absolute atomic E-state index is 14.1. The number of methoxy groups -OCH3 is 1. The Kier molecular flexibility index (Phi) is 5.31. The van der Waals surface area contributed by atoms with E-state index in [-0.39, 0.29) is 11.7 Å². The maximum atomic E-state index is 14.1. The number of imidazole rings is 1. The second-order valence-corrected chi connectivity index (χ2v) is 7.57. The molecule has 0 saturated carbocycles. The molecule has 0 unspecified atom stereocenters. The minimum atomic E-state index is -0.300. The number of aryl methyl sites for hydroxylation is 2. The SMILES string of the molecule is COc1ccc(C)cc1NC(=O)CCc1csc2nc(-c3ccccc3F)cn12. The number of hydrogen-bond donors (Lipinski definition) is 1. The van der Waals surface area contributed by atoms with Crippen molar-refractivity contribution >= 4 is 27.9 Å². The molecule has 1 N–H and O–H groups in total. The van der Waals surface area contributed by atoms with Gasteiger partial charge in [-0.15, -0.1) is 11.3 Å². The number of rotatable bonds is 6. The molecule has 0 aliphatic rings. The first-order valence-corrected chi connectivity index (χ1v) is 10.1. The number of benzene rings is 2. The summed E-state index contributed by atoms with van der Waals surface area (Å²) in [5.41, 5.74) is 3.73. The largest absolute Gasteiger partial charge is 0.495 e. The Hall–Kier alpha value is -3.19. The first kappa shape index (κ1) is 19.1. The summed E-state index contributed by atoms with van der Waals surface area (Å²) < 4.78 is 21.3. The molecule has 5 nitrogen and oxygen atoms in total. The van der Waals surface area contributed by atoms with Crippen LogP contribution in [0, 0.1) is 12.7 Å². The third kappa shape index (κ3) is 4.00. The number of carbonyl (C=O) groups is 1. The monoisotopic (exact) mass is 409 g/mol. The molecule has 0 spiro atoms. The van der Waals surface area contributed by atoms with Crippen molar-refractivity contribution < 1.29 is 13.9 Å². The van der Waals surface area contributed by atoms with E-state index in [1.807, 2.05) is 41.1 Å². The highest BCUT2D eigenvalue weighted by Gasteiger charge is 2.14. The smallest absolute Gasteiger partial charge is 0.224 e. The summed E-state index contributed by atoms with van der Waals surface area (Å²) in [5.74, 6) is 0.236. The predicted octanol–water partition coefficient (Wildman–Crippen LogP) is 5.09. The predicted molar refractivity (Wildman–Crippen MR) is 113 cm³/mol. The van der Waals surface area contributed by atoms with Crippen LogP contribution in [-0.2, 0) is 11.2 Å². The van der Waals surface area contributed by atoms with Crippen molar-refractivity contribution in [1.29, 1.82) is 0 Å². The highest BCUT2D eigenvalue weighted by atomic mass is 32.1. The molecular weight excluding hydrogens is 389 g/mol. The molecule has 4 rings (SSSR count). The van der Waals surface area contributed by atoms with Gasteiger partial charge in [-0.3, -0.25) is 9.20 Å². The Labute approximate surface area is 171 Å². The highest BCUT2D eigenvalue weighted by Crippen LogP contribution is 2.27. The Morgan fingerprint density at radius 2 is 2.10 bits per heavy atom. The quantitative estimate of drug-likeness (QED) is 0.483. The van der Waals surface area contributed by atoms with Gasteiger partial charge < -0.3 is 10.1 Å². The zero-order valence-corrected chi connectivity index (χ0v) is 16.9. The molecule has 2 heterocycles. The Morgan fingerprint density at radius 1 is 1.28 bits per heavy atom. The summed E-state index contributed by atoms with van der Waals surface area (Å²) in [7, 11) is 1.58. The van der Waals surface area contributed by atoms with Crippen molar-refractivity contribution in [2.45, 2.75) is 19.8 Å². The van der Waals surface area contributed by atoms with Crippen LogP contribution in [-0.4, -0.2) is 22.4 Å². The van der Waals surface area contributed by atoms with Gasteiger partial charge in [0.25, 0.3) is 0 Å². The van der Waals surface area contributed by atoms with Gasteiger partial charge in [-0.2, -0.15) is 0 Å². The maximum Gasteiger partial charge on any atom is 0.224 e. The lowest BCUT2D eigenvalue weighted by atomic mass is 10.1. The number of aromatic nitrogens is 2. The van der Waals surface area contributed by atoms with Crippen LogP contribution in [0.4, 0.5) is 10.1 Å². The van der Waals surface area contributed by atoms with E-state index in [4.69, 9.17) is 4.74 Å². The molecule has 2 aromatic carbocycles. The second kappa shape index (κ2) is 8.05. The van der Waals surface area contributed by atoms with Crippen LogP contribution in [0.2, 0.25) is 0 Å². The fourth-order valence-electron chi connectivity index (χ4n) is 3.18. The highest BCUT2D eigenvalue weighted by molar-refractivity contribution is 7.15. The fraction of sp³-hybridized carbons (Fsp3) is 0.182. The third-order valence-corrected chi connectivity index (χ3v) is 5.56. The Morgan fingerprint density at radius 3 is 2.90 bits per heavy atom. The first-order chi connectivity index (χ1) is 14.0. The summed E-state index contributed by atoms with van der Waals surface area (Å²) in [6, 6.07) is 12.2. The van der Waals surface area contributed by atoms with E-state index < -0.39 is 0 Å². The van der Waals surface area contributed by atoms with E-state index in [0.29, 0.717) is 35.5 Å². The Balaban J connectivity index is 1.48. The molecule has 148 valence electrons. The van der Waals surface area contributed by atoms with Crippen molar-refractivity contribution in [1.82, 2.24) is 9.38 Å². The van der Waals surface area contributed by atoms with Crippen LogP contribution in [0.25, 0.3) is 16.2 Å². The van der Waals surface area contributed by atoms with Crippen molar-refractivity contribution in [2.75, 3.05) is 12.4 Å². The van der Waals surface area contributed by atoms with E-state index in [0.717, 1.165) is 16.2 Å². The number of ether oxygens (including phenoxy) is 1. The summed E-state index contributed by atoms with van der Waals surface area (Å²) in [5, 5.41) is 4.90. The molecule has 1 amide bonds. The number of nitrogens with one attached hydrogen (secondary N) is 1. The molecule has 0 aliphatic carbocycles. The van der Waals surface area contributed by atoms with E-state index in [2.05, 4.69) is 10.3 Å². The van der Waals surface area contributed by atoms with Gasteiger partial charge in [0.05, 0.1) is 18.5 Å². The second-order valence-electron chi connectivity index (χ2n) is 6.74. The van der Waals surface area contributed by atoms with E-state index in [1.54, 1.807) is 25.3 Å². The lowest BCUT2D eigenvalue weighted by Gasteiger charge is -2.11. The molecule has 0 radical (unpaired) electrons. The molecule has 2 aromatic heterocycles. The molecule has 0 atom stereocenters. The zero-order chi connectivity index (χ0) is 20.4. The summed E-state index contributed by atoms with van der Waals surface area (Å²) in [6.45, 7) is 1.96. The van der Waals surface area contributed by atoms with E-state index >= 15 is 0 Å². The standard InChI is InChI=1S/C22H20FN3O2S/c1-14-7-9-20(28-2)18(11-14)24-21(27)10-8-15-13-29-22-25-19(12-26(15)22)16-5-3-4-6-17(16)23/h3-7,9,11-13H,8,10H2,1-2H3,(H,24,27). The van der Waals surface area contributed by atoms with Gasteiger partial charge in [0.2, 0.25) is 5.91 Å². The average molecular weight is 409 g/mol. The fourth-order valence-corrected chi connectivity index (χ4v) is 4.09. The lowest BCUT2D eigenvalue weighted by molar-refractivity contribution is -0.116. The summed E-state index contributed by atoms with van der Waals surface area (Å²) in [4.78, 5) is 17.7. The Bertz CT molecular complexity index is 1180. The molecule has 29 heavy (non-hydrogen) atoms. The van der Waals surface area contributed by atoms with Crippen LogP contribution in [0.3, 0.4) is 0 Å². The zero-order valence-electron chi connectivity index (χ0n) is 16.1. The van der Waals surface area contributed by atoms with Crippen molar-refractivity contribution in [3.05, 3.63) is 71.1 Å². The van der Waals surface area contributed by atoms with Gasteiger partial charge in [0.15, 0.2) is 4.96 Å². The van der Waals surface area contributed by atoms with Gasteiger partial charge in [0.1, 0.15) is 11.6 Å². The van der Waals surface area contributed by atoms with E-state index in [9.17, 15) is 9.18 Å². The number of fused-ring (bicyclic) bond motifs is 1. The molecule has 0 bridgehead atoms. The normalized spacial score (nSPS) is 11.0. The van der Waals surface area contributed by atoms with Gasteiger partial charge in [-0.05, 0) is 43.2 Å². The molecular formula is C22H20FN3O2S. The lowest BCUT2D eigenvalue weighted by Crippen LogP contribution is -2.13. The minimum absolute atomic E-state index is 0.0947. The van der Waals surface area contributed by atoms with Crippen LogP contribution in [0.5, 0.6) is 5.75 Å². The van der Waals surface area contributed by atoms with Gasteiger partial charge >= 0.3 is 0 Å². The number of halogens is 1. The van der Waals surface area contributed by atoms with Crippen LogP contribution in [0.15, 0.2) is 54.0 Å². The average Bonchev–Trinajstić information content (AvgIpc) is 3.28. The summed E-state index contributed by atoms with van der Waals surface area (Å²) >= 11 is 1.48. The third-order valence-electron chi connectivity index (χ3n) is 4.67. The number of nitrogens with zero attached hydrogens (tertiary/aromatic N) is 2. The molecule has 0 saturated heterocycles. The summed E-state index contributed by atoms with van der Waals surface area (Å²) in [6.07, 6.45) is 2.68. The van der Waals surface area contributed by atoms with Crippen LogP contribution in [0.1, 0.15) is 17.7 Å². The number of amides is 1. The number of carbonyl (C=O) groups excluding carboxylic acids is 1.